The number of hydrogen-bond donors (Lipinski definition) is 2. The van der Waals surface area contributed by atoms with Crippen LogP contribution in [0.5, 0.6) is 0 Å². The number of benzene rings is 2. The average Bonchev–Trinajstić information content (AvgIpc) is 2.84. The molecule has 1 aliphatic heterocycles. The van der Waals surface area contributed by atoms with Gasteiger partial charge < -0.3 is 15.0 Å². The van der Waals surface area contributed by atoms with Crippen LogP contribution in [0.1, 0.15) is 32.1 Å². The first kappa shape index (κ1) is 23.4. The maximum absolute atomic E-state index is 12.6. The molecular weight excluding hydrogens is 440 g/mol. The second-order valence-electron chi connectivity index (χ2n) is 8.45. The maximum Gasteiger partial charge on any atom is 0.272 e. The second kappa shape index (κ2) is 10.9. The summed E-state index contributed by atoms with van der Waals surface area (Å²) in [6.07, 6.45) is 4.81. The topological polar surface area (TPSA) is 87.3 Å². The van der Waals surface area contributed by atoms with Gasteiger partial charge in [0.1, 0.15) is 0 Å². The number of piperidine rings is 1. The van der Waals surface area contributed by atoms with Gasteiger partial charge in [-0.05, 0) is 57.0 Å². The molecule has 1 fully saturated rings. The van der Waals surface area contributed by atoms with Crippen LogP contribution in [0, 0.1) is 0 Å². The van der Waals surface area contributed by atoms with Gasteiger partial charge in [0.15, 0.2) is 0 Å². The van der Waals surface area contributed by atoms with Crippen molar-refractivity contribution in [2.75, 3.05) is 32.1 Å². The molecule has 174 valence electrons. The smallest absolute Gasteiger partial charge is 0.272 e. The molecule has 2 aromatic carbocycles. The van der Waals surface area contributed by atoms with E-state index < -0.39 is 0 Å². The molecule has 0 spiro atoms. The van der Waals surface area contributed by atoms with Gasteiger partial charge in [-0.1, -0.05) is 35.9 Å². The van der Waals surface area contributed by atoms with E-state index in [1.165, 1.54) is 0 Å². The van der Waals surface area contributed by atoms with Crippen molar-refractivity contribution >= 4 is 34.0 Å². The Hall–Kier alpha value is -2.74. The van der Waals surface area contributed by atoms with Crippen LogP contribution in [0.15, 0.2) is 47.3 Å². The standard InChI is InChI=1S/C25H29ClN4O3/c1-33-18-7-6-14-30(16-18)13-5-4-10-23(31)27-22-15-17(11-12-21(22)26)24-19-8-2-3-9-20(19)25(32)29-28-24/h2-3,8-9,11-12,15,18H,4-7,10,13-14,16H2,1H3,(H,27,31)(H,29,32). The SMILES string of the molecule is COC1CCCN(CCCCC(=O)Nc2cc(-c3n[nH]c(=O)c4ccccc34)ccc2Cl)C1. The summed E-state index contributed by atoms with van der Waals surface area (Å²) in [5, 5.41) is 11.5. The van der Waals surface area contributed by atoms with Crippen LogP contribution in [0.3, 0.4) is 0 Å². The Morgan fingerprint density at radius 1 is 1.24 bits per heavy atom. The molecule has 0 saturated carbocycles. The molecule has 1 amide bonds. The van der Waals surface area contributed by atoms with Crippen molar-refractivity contribution in [2.45, 2.75) is 38.2 Å². The fraction of sp³-hybridized carbons (Fsp3) is 0.400. The third-order valence-corrected chi connectivity index (χ3v) is 6.46. The van der Waals surface area contributed by atoms with Crippen molar-refractivity contribution in [2.24, 2.45) is 0 Å². The average molecular weight is 469 g/mol. The number of fused-ring (bicyclic) bond motifs is 1. The molecule has 0 radical (unpaired) electrons. The summed E-state index contributed by atoms with van der Waals surface area (Å²) in [4.78, 5) is 27.0. The van der Waals surface area contributed by atoms with E-state index in [-0.39, 0.29) is 11.5 Å². The minimum Gasteiger partial charge on any atom is -0.380 e. The van der Waals surface area contributed by atoms with E-state index in [2.05, 4.69) is 20.4 Å². The normalized spacial score (nSPS) is 16.7. The van der Waals surface area contributed by atoms with Crippen molar-refractivity contribution in [3.05, 3.63) is 57.8 Å². The lowest BCUT2D eigenvalue weighted by Gasteiger charge is -2.31. The summed E-state index contributed by atoms with van der Waals surface area (Å²) >= 11 is 6.35. The number of nitrogens with one attached hydrogen (secondary N) is 2. The number of unbranched alkanes of at least 4 members (excludes halogenated alkanes) is 1. The molecule has 0 aliphatic carbocycles. The number of methoxy groups -OCH3 is 1. The molecule has 0 bridgehead atoms. The highest BCUT2D eigenvalue weighted by atomic mass is 35.5. The van der Waals surface area contributed by atoms with Crippen LogP contribution >= 0.6 is 11.6 Å². The minimum absolute atomic E-state index is 0.0678. The van der Waals surface area contributed by atoms with E-state index in [1.54, 1.807) is 25.3 Å². The number of nitrogens with zero attached hydrogens (tertiary/aromatic N) is 2. The number of rotatable bonds is 8. The Morgan fingerprint density at radius 2 is 2.06 bits per heavy atom. The van der Waals surface area contributed by atoms with Gasteiger partial charge in [0, 0.05) is 31.0 Å². The first-order chi connectivity index (χ1) is 16.0. The molecule has 1 saturated heterocycles. The van der Waals surface area contributed by atoms with Crippen LogP contribution < -0.4 is 10.9 Å². The first-order valence-electron chi connectivity index (χ1n) is 11.4. The maximum atomic E-state index is 12.6. The fourth-order valence-corrected chi connectivity index (χ4v) is 4.51. The van der Waals surface area contributed by atoms with Crippen molar-refractivity contribution < 1.29 is 9.53 Å². The molecule has 1 atom stereocenters. The third kappa shape index (κ3) is 5.79. The van der Waals surface area contributed by atoms with Crippen LogP contribution in [-0.4, -0.2) is 53.9 Å². The molecule has 3 aromatic rings. The molecule has 1 aromatic heterocycles. The summed E-state index contributed by atoms with van der Waals surface area (Å²) in [7, 11) is 1.77. The molecule has 7 nitrogen and oxygen atoms in total. The zero-order chi connectivity index (χ0) is 23.2. The molecule has 33 heavy (non-hydrogen) atoms. The van der Waals surface area contributed by atoms with E-state index in [9.17, 15) is 9.59 Å². The van der Waals surface area contributed by atoms with E-state index in [1.807, 2.05) is 24.3 Å². The predicted molar refractivity (Wildman–Crippen MR) is 132 cm³/mol. The fourth-order valence-electron chi connectivity index (χ4n) is 4.35. The van der Waals surface area contributed by atoms with E-state index in [4.69, 9.17) is 16.3 Å². The van der Waals surface area contributed by atoms with Gasteiger partial charge >= 0.3 is 0 Å². The van der Waals surface area contributed by atoms with Crippen LogP contribution in [-0.2, 0) is 9.53 Å². The Morgan fingerprint density at radius 3 is 2.88 bits per heavy atom. The van der Waals surface area contributed by atoms with Gasteiger partial charge in [-0.25, -0.2) is 5.10 Å². The molecule has 2 N–H and O–H groups in total. The number of halogens is 1. The molecule has 2 heterocycles. The third-order valence-electron chi connectivity index (χ3n) is 6.13. The predicted octanol–water partition coefficient (Wildman–Crippen LogP) is 4.46. The van der Waals surface area contributed by atoms with Gasteiger partial charge in [-0.15, -0.1) is 0 Å². The zero-order valence-electron chi connectivity index (χ0n) is 18.8. The lowest BCUT2D eigenvalue weighted by molar-refractivity contribution is -0.116. The van der Waals surface area contributed by atoms with E-state index in [0.717, 1.165) is 56.3 Å². The van der Waals surface area contributed by atoms with E-state index >= 15 is 0 Å². The second-order valence-corrected chi connectivity index (χ2v) is 8.85. The summed E-state index contributed by atoms with van der Waals surface area (Å²) in [5.74, 6) is -0.0678. The number of likely N-dealkylation sites (tertiary alicyclic amines) is 1. The number of amides is 1. The summed E-state index contributed by atoms with van der Waals surface area (Å²) < 4.78 is 5.47. The van der Waals surface area contributed by atoms with Crippen LogP contribution in [0.4, 0.5) is 5.69 Å². The summed E-state index contributed by atoms with van der Waals surface area (Å²) in [6.45, 7) is 3.05. The molecule has 8 heteroatoms. The molecule has 1 aliphatic rings. The largest absolute Gasteiger partial charge is 0.380 e. The highest BCUT2D eigenvalue weighted by Crippen LogP contribution is 2.31. The number of carbonyl (C=O) groups excluding carboxylic acids is 1. The number of anilines is 1. The van der Waals surface area contributed by atoms with Gasteiger partial charge in [0.05, 0.1) is 27.9 Å². The molecule has 1 unspecified atom stereocenters. The Kier molecular flexibility index (Phi) is 7.75. The van der Waals surface area contributed by atoms with Gasteiger partial charge in [-0.3, -0.25) is 9.59 Å². The van der Waals surface area contributed by atoms with Crippen molar-refractivity contribution in [1.82, 2.24) is 15.1 Å². The van der Waals surface area contributed by atoms with Crippen LogP contribution in [0.25, 0.3) is 22.0 Å². The minimum atomic E-state index is -0.237. The number of carbonyl (C=O) groups is 1. The van der Waals surface area contributed by atoms with Gasteiger partial charge in [0.25, 0.3) is 5.56 Å². The molecule has 4 rings (SSSR count). The van der Waals surface area contributed by atoms with Crippen molar-refractivity contribution in [3.8, 4) is 11.3 Å². The highest BCUT2D eigenvalue weighted by molar-refractivity contribution is 6.33. The zero-order valence-corrected chi connectivity index (χ0v) is 19.5. The number of aromatic amines is 1. The quantitative estimate of drug-likeness (QED) is 0.476. The number of hydrogen-bond acceptors (Lipinski definition) is 5. The van der Waals surface area contributed by atoms with Crippen molar-refractivity contribution in [3.63, 3.8) is 0 Å². The summed E-state index contributed by atoms with van der Waals surface area (Å²) in [5.41, 5.74) is 1.70. The molecular formula is C25H29ClN4O3. The lowest BCUT2D eigenvalue weighted by atomic mass is 10.0. The Labute approximate surface area is 198 Å². The van der Waals surface area contributed by atoms with Crippen LogP contribution in [0.2, 0.25) is 5.02 Å². The van der Waals surface area contributed by atoms with E-state index in [0.29, 0.717) is 34.3 Å². The monoisotopic (exact) mass is 468 g/mol. The Balaban J connectivity index is 1.37. The summed E-state index contributed by atoms with van der Waals surface area (Å²) in [6, 6.07) is 12.7. The van der Waals surface area contributed by atoms with Crippen molar-refractivity contribution in [1.29, 1.82) is 0 Å². The number of ether oxygens (including phenoxy) is 1. The highest BCUT2D eigenvalue weighted by Gasteiger charge is 2.19. The number of aromatic nitrogens is 2. The van der Waals surface area contributed by atoms with Gasteiger partial charge in [0.2, 0.25) is 5.91 Å². The lowest BCUT2D eigenvalue weighted by Crippen LogP contribution is -2.39. The Bertz CT molecular complexity index is 1180. The van der Waals surface area contributed by atoms with Gasteiger partial charge in [-0.2, -0.15) is 5.10 Å². The first-order valence-corrected chi connectivity index (χ1v) is 11.8. The number of H-pyrrole nitrogens is 1.